The molecule has 1 heterocycles. The minimum Gasteiger partial charge on any atom is -0.293 e. The summed E-state index contributed by atoms with van der Waals surface area (Å²) in [7, 11) is 0. The molecule has 0 radical (unpaired) electrons. The van der Waals surface area contributed by atoms with Crippen LogP contribution in [0.5, 0.6) is 0 Å². The van der Waals surface area contributed by atoms with Gasteiger partial charge in [-0.05, 0) is 42.8 Å². The normalized spacial score (nSPS) is 10.6. The zero-order valence-corrected chi connectivity index (χ0v) is 20.8. The van der Waals surface area contributed by atoms with Gasteiger partial charge in [-0.2, -0.15) is 5.26 Å². The van der Waals surface area contributed by atoms with Gasteiger partial charge in [-0.1, -0.05) is 93.4 Å². The van der Waals surface area contributed by atoms with E-state index in [0.29, 0.717) is 21.2 Å². The average molecular weight is 534 g/mol. The molecule has 0 unspecified atom stereocenters. The van der Waals surface area contributed by atoms with Gasteiger partial charge in [0.2, 0.25) is 0 Å². The maximum Gasteiger partial charge on any atom is 0.173 e. The summed E-state index contributed by atoms with van der Waals surface area (Å²) in [6, 6.07) is 26.9. The van der Waals surface area contributed by atoms with Gasteiger partial charge >= 0.3 is 0 Å². The van der Waals surface area contributed by atoms with E-state index in [1.807, 2.05) is 61.5 Å². The fourth-order valence-electron chi connectivity index (χ4n) is 3.32. The third kappa shape index (κ3) is 5.54. The summed E-state index contributed by atoms with van der Waals surface area (Å²) in [5.74, 6) is 0.160. The van der Waals surface area contributed by atoms with Crippen molar-refractivity contribution in [3.63, 3.8) is 0 Å². The van der Waals surface area contributed by atoms with Gasteiger partial charge in [0.05, 0.1) is 17.0 Å². The van der Waals surface area contributed by atoms with Crippen LogP contribution in [0.15, 0.2) is 88.4 Å². The van der Waals surface area contributed by atoms with Crippen molar-refractivity contribution in [2.75, 3.05) is 5.75 Å². The van der Waals surface area contributed by atoms with Crippen LogP contribution in [0.25, 0.3) is 22.4 Å². The molecular weight excluding hydrogens is 516 g/mol. The van der Waals surface area contributed by atoms with Gasteiger partial charge in [0, 0.05) is 26.2 Å². The fraction of sp³-hybridized carbons (Fsp3) is 0.0741. The number of hydrogen-bond donors (Lipinski definition) is 0. The maximum absolute atomic E-state index is 12.8. The minimum absolute atomic E-state index is 0.0213. The van der Waals surface area contributed by atoms with Gasteiger partial charge in [0.25, 0.3) is 0 Å². The fourth-order valence-corrected chi connectivity index (χ4v) is 4.60. The van der Waals surface area contributed by atoms with Crippen LogP contribution < -0.4 is 0 Å². The second kappa shape index (κ2) is 10.4. The number of nitriles is 1. The van der Waals surface area contributed by atoms with Crippen LogP contribution in [0, 0.1) is 18.3 Å². The Labute approximate surface area is 210 Å². The zero-order valence-electron chi connectivity index (χ0n) is 17.7. The summed E-state index contributed by atoms with van der Waals surface area (Å²) < 4.78 is 0.915. The topological polar surface area (TPSA) is 53.8 Å². The molecule has 162 valence electrons. The summed E-state index contributed by atoms with van der Waals surface area (Å²) in [4.78, 5) is 17.5. The first-order chi connectivity index (χ1) is 15.9. The Morgan fingerprint density at radius 3 is 2.27 bits per heavy atom. The van der Waals surface area contributed by atoms with Crippen LogP contribution in [0.4, 0.5) is 0 Å². The Hall–Kier alpha value is -2.91. The number of benzene rings is 3. The molecule has 0 spiro atoms. The number of aromatic nitrogens is 1. The molecule has 0 saturated carbocycles. The van der Waals surface area contributed by atoms with Crippen LogP contribution in [0.3, 0.4) is 0 Å². The molecule has 33 heavy (non-hydrogen) atoms. The number of aryl methyl sites for hydroxylation is 1. The highest BCUT2D eigenvalue weighted by Gasteiger charge is 2.17. The minimum atomic E-state index is -0.0213. The highest BCUT2D eigenvalue weighted by molar-refractivity contribution is 9.10. The number of Topliss-reactive ketones (excluding diaryl/α,β-unsaturated/α-hetero) is 1. The van der Waals surface area contributed by atoms with E-state index in [2.05, 4.69) is 22.0 Å². The van der Waals surface area contributed by atoms with Crippen molar-refractivity contribution in [2.24, 2.45) is 0 Å². The molecular formula is C27H18BrClN2OS. The van der Waals surface area contributed by atoms with Gasteiger partial charge in [-0.3, -0.25) is 4.79 Å². The number of carbonyl (C=O) groups excluding carboxylic acids is 1. The van der Waals surface area contributed by atoms with Crippen LogP contribution >= 0.6 is 39.3 Å². The quantitative estimate of drug-likeness (QED) is 0.186. The smallest absolute Gasteiger partial charge is 0.173 e. The lowest BCUT2D eigenvalue weighted by Gasteiger charge is -2.13. The van der Waals surface area contributed by atoms with Gasteiger partial charge in [-0.15, -0.1) is 0 Å². The first-order valence-electron chi connectivity index (χ1n) is 10.1. The third-order valence-corrected chi connectivity index (χ3v) is 6.86. The van der Waals surface area contributed by atoms with Gasteiger partial charge < -0.3 is 0 Å². The Balaban J connectivity index is 1.76. The van der Waals surface area contributed by atoms with E-state index < -0.39 is 0 Å². The van der Waals surface area contributed by atoms with E-state index in [1.54, 1.807) is 24.3 Å². The molecule has 4 aromatic rings. The molecule has 4 rings (SSSR count). The molecule has 0 saturated heterocycles. The first-order valence-corrected chi connectivity index (χ1v) is 12.3. The largest absolute Gasteiger partial charge is 0.293 e. The third-order valence-electron chi connectivity index (χ3n) is 5.11. The second-order valence-corrected chi connectivity index (χ2v) is 9.75. The molecule has 0 aliphatic heterocycles. The summed E-state index contributed by atoms with van der Waals surface area (Å²) in [6.45, 7) is 2.03. The van der Waals surface area contributed by atoms with E-state index in [9.17, 15) is 10.1 Å². The van der Waals surface area contributed by atoms with Crippen molar-refractivity contribution >= 4 is 45.1 Å². The lowest BCUT2D eigenvalue weighted by Crippen LogP contribution is -2.04. The van der Waals surface area contributed by atoms with Crippen molar-refractivity contribution in [1.82, 2.24) is 4.98 Å². The number of halogens is 2. The lowest BCUT2D eigenvalue weighted by atomic mass is 9.99. The molecule has 0 N–H and O–H groups in total. The van der Waals surface area contributed by atoms with Crippen LogP contribution in [-0.4, -0.2) is 16.5 Å². The highest BCUT2D eigenvalue weighted by Crippen LogP contribution is 2.35. The average Bonchev–Trinajstić information content (AvgIpc) is 2.83. The molecule has 0 amide bonds. The zero-order chi connectivity index (χ0) is 23.4. The summed E-state index contributed by atoms with van der Waals surface area (Å²) >= 11 is 10.7. The number of rotatable bonds is 6. The Morgan fingerprint density at radius 2 is 1.64 bits per heavy atom. The van der Waals surface area contributed by atoms with Gasteiger partial charge in [0.15, 0.2) is 5.78 Å². The molecule has 0 atom stereocenters. The predicted molar refractivity (Wildman–Crippen MR) is 139 cm³/mol. The van der Waals surface area contributed by atoms with Gasteiger partial charge in [-0.25, -0.2) is 4.98 Å². The summed E-state index contributed by atoms with van der Waals surface area (Å²) in [5, 5.41) is 11.2. The molecule has 3 nitrogen and oxygen atoms in total. The van der Waals surface area contributed by atoms with Crippen molar-refractivity contribution in [3.8, 4) is 28.5 Å². The highest BCUT2D eigenvalue weighted by atomic mass is 79.9. The van der Waals surface area contributed by atoms with E-state index in [-0.39, 0.29) is 11.5 Å². The number of hydrogen-bond acceptors (Lipinski definition) is 4. The van der Waals surface area contributed by atoms with Gasteiger partial charge in [0.1, 0.15) is 11.1 Å². The van der Waals surface area contributed by atoms with E-state index in [1.165, 1.54) is 11.8 Å². The second-order valence-electron chi connectivity index (χ2n) is 7.44. The van der Waals surface area contributed by atoms with Crippen LogP contribution in [-0.2, 0) is 0 Å². The Kier molecular flexibility index (Phi) is 7.29. The lowest BCUT2D eigenvalue weighted by molar-refractivity contribution is 0.102. The molecule has 0 bridgehead atoms. The summed E-state index contributed by atoms with van der Waals surface area (Å²) in [5.41, 5.74) is 5.55. The summed E-state index contributed by atoms with van der Waals surface area (Å²) in [6.07, 6.45) is 0. The van der Waals surface area contributed by atoms with E-state index >= 15 is 0 Å². The van der Waals surface area contributed by atoms with Crippen molar-refractivity contribution in [3.05, 3.63) is 105 Å². The van der Waals surface area contributed by atoms with Crippen molar-refractivity contribution in [2.45, 2.75) is 11.9 Å². The van der Waals surface area contributed by atoms with Crippen molar-refractivity contribution < 1.29 is 4.79 Å². The molecule has 0 aliphatic carbocycles. The molecule has 0 fully saturated rings. The Morgan fingerprint density at radius 1 is 1.00 bits per heavy atom. The van der Waals surface area contributed by atoms with Crippen LogP contribution in [0.1, 0.15) is 21.5 Å². The maximum atomic E-state index is 12.8. The predicted octanol–water partition coefficient (Wildman–Crippen LogP) is 7.99. The van der Waals surface area contributed by atoms with E-state index in [4.69, 9.17) is 16.6 Å². The Bertz CT molecular complexity index is 1350. The van der Waals surface area contributed by atoms with Crippen molar-refractivity contribution in [1.29, 1.82) is 5.26 Å². The SMILES string of the molecule is Cc1ccc(-c2cc(-c3ccc(Cl)cc3)c(C#N)c(SCC(=O)c3ccc(Br)cc3)n2)cc1. The number of pyridine rings is 1. The van der Waals surface area contributed by atoms with Crippen LogP contribution in [0.2, 0.25) is 5.02 Å². The molecule has 0 aliphatic rings. The van der Waals surface area contributed by atoms with E-state index in [0.717, 1.165) is 32.4 Å². The monoisotopic (exact) mass is 532 g/mol. The number of carbonyl (C=O) groups is 1. The number of thioether (sulfide) groups is 1. The molecule has 6 heteroatoms. The number of ketones is 1. The first kappa shape index (κ1) is 23.3. The standard InChI is InChI=1S/C27H18BrClN2OS/c1-17-2-4-19(5-3-17)25-14-23(18-8-12-22(29)13-9-18)24(15-30)27(31-25)33-16-26(32)20-6-10-21(28)11-7-20/h2-14H,16H2,1H3. The number of nitrogens with zero attached hydrogens (tertiary/aromatic N) is 2. The molecule has 1 aromatic heterocycles. The molecule has 3 aromatic carbocycles.